The Hall–Kier alpha value is -2.11. The molecule has 3 aromatic rings. The summed E-state index contributed by atoms with van der Waals surface area (Å²) in [5, 5.41) is 4.24. The van der Waals surface area contributed by atoms with Gasteiger partial charge in [0.1, 0.15) is 5.82 Å². The summed E-state index contributed by atoms with van der Waals surface area (Å²) in [7, 11) is 0. The van der Waals surface area contributed by atoms with Crippen LogP contribution in [0.1, 0.15) is 0 Å². The molecule has 0 atom stereocenters. The van der Waals surface area contributed by atoms with E-state index < -0.39 is 5.82 Å². The van der Waals surface area contributed by atoms with Crippen molar-refractivity contribution in [1.82, 2.24) is 10.1 Å². The van der Waals surface area contributed by atoms with Crippen LogP contribution < -0.4 is 5.73 Å². The number of nitrogens with zero attached hydrogens (tertiary/aromatic N) is 2. The van der Waals surface area contributed by atoms with Gasteiger partial charge < -0.3 is 10.3 Å². The average Bonchev–Trinajstić information content (AvgIpc) is 2.91. The molecule has 0 spiro atoms. The second-order valence-corrected chi connectivity index (χ2v) is 5.11. The predicted molar refractivity (Wildman–Crippen MR) is 79.6 cm³/mol. The monoisotopic (exact) mass is 323 g/mol. The van der Waals surface area contributed by atoms with Crippen molar-refractivity contribution in [2.75, 3.05) is 5.73 Å². The summed E-state index contributed by atoms with van der Waals surface area (Å²) in [6.45, 7) is 0. The molecule has 0 bridgehead atoms. The Kier molecular flexibility index (Phi) is 3.53. The van der Waals surface area contributed by atoms with Crippen molar-refractivity contribution >= 4 is 28.9 Å². The summed E-state index contributed by atoms with van der Waals surface area (Å²) in [4.78, 5) is 4.23. The van der Waals surface area contributed by atoms with E-state index in [1.54, 1.807) is 18.2 Å². The van der Waals surface area contributed by atoms with Crippen molar-refractivity contribution in [3.05, 3.63) is 52.3 Å². The zero-order chi connectivity index (χ0) is 15.0. The molecule has 7 heteroatoms. The Morgan fingerprint density at radius 1 is 1.05 bits per heavy atom. The first kappa shape index (κ1) is 13.9. The number of aromatic nitrogens is 2. The fourth-order valence-corrected chi connectivity index (χ4v) is 2.24. The van der Waals surface area contributed by atoms with Gasteiger partial charge in [-0.1, -0.05) is 28.4 Å². The lowest BCUT2D eigenvalue weighted by Gasteiger charge is -1.99. The highest BCUT2D eigenvalue weighted by molar-refractivity contribution is 6.33. The Morgan fingerprint density at radius 2 is 1.86 bits per heavy atom. The van der Waals surface area contributed by atoms with Gasteiger partial charge in [-0.05, 0) is 36.4 Å². The van der Waals surface area contributed by atoms with Crippen LogP contribution in [0.25, 0.3) is 22.8 Å². The summed E-state index contributed by atoms with van der Waals surface area (Å²) in [5.41, 5.74) is 7.28. The molecule has 0 aliphatic rings. The molecule has 0 amide bonds. The third-order valence-corrected chi connectivity index (χ3v) is 3.43. The minimum absolute atomic E-state index is 0.00985. The van der Waals surface area contributed by atoms with Crippen molar-refractivity contribution < 1.29 is 8.91 Å². The van der Waals surface area contributed by atoms with Crippen molar-refractivity contribution in [3.8, 4) is 22.8 Å². The molecule has 106 valence electrons. The molecule has 0 aliphatic heterocycles. The van der Waals surface area contributed by atoms with Crippen LogP contribution in [0.4, 0.5) is 10.1 Å². The normalized spacial score (nSPS) is 10.8. The van der Waals surface area contributed by atoms with E-state index in [9.17, 15) is 4.39 Å². The fraction of sp³-hybridized carbons (Fsp3) is 0. The molecule has 0 fully saturated rings. The van der Waals surface area contributed by atoms with E-state index in [0.29, 0.717) is 27.7 Å². The average molecular weight is 324 g/mol. The molecular weight excluding hydrogens is 316 g/mol. The van der Waals surface area contributed by atoms with Crippen molar-refractivity contribution in [2.24, 2.45) is 0 Å². The number of rotatable bonds is 2. The van der Waals surface area contributed by atoms with Crippen LogP contribution in [0.2, 0.25) is 10.0 Å². The summed E-state index contributed by atoms with van der Waals surface area (Å²) < 4.78 is 18.3. The third kappa shape index (κ3) is 2.70. The largest absolute Gasteiger partial charge is 0.399 e. The van der Waals surface area contributed by atoms with Gasteiger partial charge in [-0.2, -0.15) is 4.98 Å². The Morgan fingerprint density at radius 3 is 2.57 bits per heavy atom. The molecule has 2 aromatic carbocycles. The van der Waals surface area contributed by atoms with E-state index in [1.807, 2.05) is 0 Å². The van der Waals surface area contributed by atoms with E-state index >= 15 is 0 Å². The number of anilines is 1. The quantitative estimate of drug-likeness (QED) is 0.708. The lowest BCUT2D eigenvalue weighted by molar-refractivity contribution is 0.432. The van der Waals surface area contributed by atoms with E-state index in [2.05, 4.69) is 10.1 Å². The summed E-state index contributed by atoms with van der Waals surface area (Å²) in [6, 6.07) is 9.14. The van der Waals surface area contributed by atoms with Crippen LogP contribution in [-0.4, -0.2) is 10.1 Å². The van der Waals surface area contributed by atoms with Gasteiger partial charge in [0.2, 0.25) is 5.82 Å². The van der Waals surface area contributed by atoms with Crippen molar-refractivity contribution in [1.29, 1.82) is 0 Å². The number of benzene rings is 2. The van der Waals surface area contributed by atoms with Gasteiger partial charge >= 0.3 is 0 Å². The first-order valence-corrected chi connectivity index (χ1v) is 6.65. The van der Waals surface area contributed by atoms with E-state index in [4.69, 9.17) is 33.5 Å². The maximum atomic E-state index is 13.1. The molecule has 21 heavy (non-hydrogen) atoms. The highest BCUT2D eigenvalue weighted by Crippen LogP contribution is 2.30. The SMILES string of the molecule is Nc1ccc(-c2nc(-c3ccc(F)c(Cl)c3)no2)c(Cl)c1. The van der Waals surface area contributed by atoms with Crippen molar-refractivity contribution in [3.63, 3.8) is 0 Å². The molecule has 1 aromatic heterocycles. The highest BCUT2D eigenvalue weighted by Gasteiger charge is 2.14. The standard InChI is InChI=1S/C14H8Cl2FN3O/c15-10-6-8(18)2-3-9(10)14-19-13(20-21-14)7-1-4-12(17)11(16)5-7/h1-6H,18H2. The molecule has 3 rings (SSSR count). The van der Waals surface area contributed by atoms with Gasteiger partial charge in [0.25, 0.3) is 5.89 Å². The molecule has 0 radical (unpaired) electrons. The van der Waals surface area contributed by atoms with Gasteiger partial charge in [-0.3, -0.25) is 0 Å². The Balaban J connectivity index is 2.01. The van der Waals surface area contributed by atoms with Crippen LogP contribution in [-0.2, 0) is 0 Å². The van der Waals surface area contributed by atoms with E-state index in [-0.39, 0.29) is 10.9 Å². The summed E-state index contributed by atoms with van der Waals surface area (Å²) in [6.07, 6.45) is 0. The van der Waals surface area contributed by atoms with Gasteiger partial charge in [0.05, 0.1) is 15.6 Å². The Bertz CT molecular complexity index is 820. The lowest BCUT2D eigenvalue weighted by atomic mass is 10.2. The van der Waals surface area contributed by atoms with E-state index in [0.717, 1.165) is 0 Å². The second-order valence-electron chi connectivity index (χ2n) is 4.29. The third-order valence-electron chi connectivity index (χ3n) is 2.83. The number of nitrogen functional groups attached to an aromatic ring is 1. The molecular formula is C14H8Cl2FN3O. The highest BCUT2D eigenvalue weighted by atomic mass is 35.5. The summed E-state index contributed by atoms with van der Waals surface area (Å²) in [5.74, 6) is 0.0287. The molecule has 0 aliphatic carbocycles. The number of halogens is 3. The van der Waals surface area contributed by atoms with Gasteiger partial charge in [0.15, 0.2) is 0 Å². The fourth-order valence-electron chi connectivity index (χ4n) is 1.79. The van der Waals surface area contributed by atoms with Crippen molar-refractivity contribution in [2.45, 2.75) is 0 Å². The second kappa shape index (κ2) is 5.35. The smallest absolute Gasteiger partial charge is 0.259 e. The van der Waals surface area contributed by atoms with Crippen LogP contribution in [0.3, 0.4) is 0 Å². The van der Waals surface area contributed by atoms with Gasteiger partial charge in [0, 0.05) is 11.3 Å². The zero-order valence-electron chi connectivity index (χ0n) is 10.5. The maximum Gasteiger partial charge on any atom is 0.259 e. The topological polar surface area (TPSA) is 64.9 Å². The summed E-state index contributed by atoms with van der Waals surface area (Å²) >= 11 is 11.8. The molecule has 2 N–H and O–H groups in total. The molecule has 0 saturated carbocycles. The van der Waals surface area contributed by atoms with Crippen LogP contribution in [0, 0.1) is 5.82 Å². The minimum Gasteiger partial charge on any atom is -0.399 e. The molecule has 1 heterocycles. The zero-order valence-corrected chi connectivity index (χ0v) is 12.0. The lowest BCUT2D eigenvalue weighted by Crippen LogP contribution is -1.87. The van der Waals surface area contributed by atoms with E-state index in [1.165, 1.54) is 18.2 Å². The first-order valence-electron chi connectivity index (χ1n) is 5.89. The van der Waals surface area contributed by atoms with Crippen LogP contribution in [0.15, 0.2) is 40.9 Å². The number of nitrogens with two attached hydrogens (primary N) is 1. The Labute approximate surface area is 129 Å². The van der Waals surface area contributed by atoms with Crippen LogP contribution in [0.5, 0.6) is 0 Å². The first-order chi connectivity index (χ1) is 10.0. The number of hydrogen-bond donors (Lipinski definition) is 1. The maximum absolute atomic E-state index is 13.1. The number of hydrogen-bond acceptors (Lipinski definition) is 4. The van der Waals surface area contributed by atoms with Gasteiger partial charge in [-0.15, -0.1) is 0 Å². The molecule has 4 nitrogen and oxygen atoms in total. The predicted octanol–water partition coefficient (Wildman–Crippen LogP) is 4.43. The molecule has 0 unspecified atom stereocenters. The van der Waals surface area contributed by atoms with Crippen LogP contribution >= 0.6 is 23.2 Å². The minimum atomic E-state index is -0.509. The van der Waals surface area contributed by atoms with Gasteiger partial charge in [-0.25, -0.2) is 4.39 Å². The molecule has 0 saturated heterocycles.